The van der Waals surface area contributed by atoms with Gasteiger partial charge >= 0.3 is 5.97 Å². The van der Waals surface area contributed by atoms with Crippen LogP contribution < -0.4 is 5.32 Å². The Morgan fingerprint density at radius 1 is 1.39 bits per heavy atom. The Bertz CT molecular complexity index is 453. The lowest BCUT2D eigenvalue weighted by Gasteiger charge is -2.17. The maximum absolute atomic E-state index is 11.7. The summed E-state index contributed by atoms with van der Waals surface area (Å²) < 4.78 is 1.28. The molecule has 1 aromatic rings. The summed E-state index contributed by atoms with van der Waals surface area (Å²) in [7, 11) is 0. The molecular weight excluding hydrogens is 236 g/mol. The highest BCUT2D eigenvalue weighted by Gasteiger charge is 2.17. The normalized spacial score (nSPS) is 12.5. The molecule has 1 heterocycles. The molecule has 1 amide bonds. The van der Waals surface area contributed by atoms with E-state index in [2.05, 4.69) is 15.6 Å². The molecule has 1 aromatic heterocycles. The number of carboxylic acids is 1. The predicted molar refractivity (Wildman–Crippen MR) is 64.2 cm³/mol. The SMILES string of the molecule is Cc1c(C(=O)O)nnn1CC(=O)NC(C)C(C)C. The third kappa shape index (κ3) is 3.28. The molecule has 0 fully saturated rings. The standard InChI is InChI=1S/C11H18N4O3/c1-6(2)7(3)12-9(16)5-15-8(4)10(11(17)18)13-14-15/h6-7H,5H2,1-4H3,(H,12,16)(H,17,18). The van der Waals surface area contributed by atoms with Crippen molar-refractivity contribution in [3.8, 4) is 0 Å². The van der Waals surface area contributed by atoms with Crippen LogP contribution in [0.5, 0.6) is 0 Å². The molecule has 18 heavy (non-hydrogen) atoms. The molecule has 1 atom stereocenters. The zero-order valence-corrected chi connectivity index (χ0v) is 11.0. The quantitative estimate of drug-likeness (QED) is 0.795. The molecule has 2 N–H and O–H groups in total. The summed E-state index contributed by atoms with van der Waals surface area (Å²) in [6.07, 6.45) is 0. The number of carboxylic acid groups (broad SMARTS) is 1. The van der Waals surface area contributed by atoms with Crippen molar-refractivity contribution in [1.82, 2.24) is 20.3 Å². The first-order valence-corrected chi connectivity index (χ1v) is 5.75. The van der Waals surface area contributed by atoms with Gasteiger partial charge in [-0.05, 0) is 19.8 Å². The van der Waals surface area contributed by atoms with Crippen molar-refractivity contribution in [1.29, 1.82) is 0 Å². The van der Waals surface area contributed by atoms with E-state index in [0.717, 1.165) is 0 Å². The Morgan fingerprint density at radius 2 is 2.00 bits per heavy atom. The summed E-state index contributed by atoms with van der Waals surface area (Å²) >= 11 is 0. The summed E-state index contributed by atoms with van der Waals surface area (Å²) in [6, 6.07) is 0.0558. The number of nitrogens with one attached hydrogen (secondary N) is 1. The summed E-state index contributed by atoms with van der Waals surface area (Å²) in [6.45, 7) is 7.48. The van der Waals surface area contributed by atoms with Gasteiger partial charge in [-0.25, -0.2) is 9.48 Å². The number of aromatic carboxylic acids is 1. The van der Waals surface area contributed by atoms with Gasteiger partial charge in [0.1, 0.15) is 6.54 Å². The van der Waals surface area contributed by atoms with Crippen LogP contribution in [0, 0.1) is 12.8 Å². The lowest BCUT2D eigenvalue weighted by atomic mass is 10.1. The van der Waals surface area contributed by atoms with Gasteiger partial charge < -0.3 is 10.4 Å². The fourth-order valence-electron chi connectivity index (χ4n) is 1.31. The van der Waals surface area contributed by atoms with Crippen molar-refractivity contribution in [2.75, 3.05) is 0 Å². The number of rotatable bonds is 5. The summed E-state index contributed by atoms with van der Waals surface area (Å²) in [5.74, 6) is -1.02. The molecule has 0 radical (unpaired) electrons. The predicted octanol–water partition coefficient (Wildman–Crippen LogP) is 0.445. The molecule has 0 bridgehead atoms. The van der Waals surface area contributed by atoms with Gasteiger partial charge in [0, 0.05) is 6.04 Å². The van der Waals surface area contributed by atoms with Crippen molar-refractivity contribution < 1.29 is 14.7 Å². The van der Waals surface area contributed by atoms with Crippen molar-refractivity contribution in [2.24, 2.45) is 5.92 Å². The average Bonchev–Trinajstić information content (AvgIpc) is 2.60. The fraction of sp³-hybridized carbons (Fsp3) is 0.636. The van der Waals surface area contributed by atoms with E-state index in [1.807, 2.05) is 20.8 Å². The van der Waals surface area contributed by atoms with E-state index < -0.39 is 5.97 Å². The van der Waals surface area contributed by atoms with Crippen LogP contribution in [-0.4, -0.2) is 38.0 Å². The highest BCUT2D eigenvalue weighted by molar-refractivity contribution is 5.86. The van der Waals surface area contributed by atoms with Gasteiger partial charge in [-0.1, -0.05) is 19.1 Å². The first kappa shape index (κ1) is 14.1. The molecule has 0 aliphatic heterocycles. The Kier molecular flexibility index (Phi) is 4.41. The van der Waals surface area contributed by atoms with Gasteiger partial charge in [-0.3, -0.25) is 4.79 Å². The number of nitrogens with zero attached hydrogens (tertiary/aromatic N) is 3. The lowest BCUT2D eigenvalue weighted by Crippen LogP contribution is -2.38. The highest BCUT2D eigenvalue weighted by Crippen LogP contribution is 2.04. The molecule has 1 unspecified atom stereocenters. The zero-order valence-electron chi connectivity index (χ0n) is 11.0. The molecule has 0 aliphatic rings. The van der Waals surface area contributed by atoms with E-state index in [0.29, 0.717) is 11.6 Å². The van der Waals surface area contributed by atoms with Gasteiger partial charge in [0.15, 0.2) is 5.69 Å². The summed E-state index contributed by atoms with van der Waals surface area (Å²) in [5, 5.41) is 18.8. The van der Waals surface area contributed by atoms with Crippen molar-refractivity contribution in [3.05, 3.63) is 11.4 Å². The number of carbonyl (C=O) groups excluding carboxylic acids is 1. The van der Waals surface area contributed by atoms with E-state index in [1.165, 1.54) is 4.68 Å². The number of amides is 1. The van der Waals surface area contributed by atoms with Crippen molar-refractivity contribution >= 4 is 11.9 Å². The minimum Gasteiger partial charge on any atom is -0.476 e. The Labute approximate surface area is 105 Å². The monoisotopic (exact) mass is 254 g/mol. The van der Waals surface area contributed by atoms with Crippen molar-refractivity contribution in [2.45, 2.75) is 40.3 Å². The number of hydrogen-bond acceptors (Lipinski definition) is 4. The minimum absolute atomic E-state index is 0.0246. The van der Waals surface area contributed by atoms with Gasteiger partial charge in [-0.2, -0.15) is 0 Å². The number of aromatic nitrogens is 3. The molecule has 100 valence electrons. The minimum atomic E-state index is -1.14. The Balaban J connectivity index is 2.68. The summed E-state index contributed by atoms with van der Waals surface area (Å²) in [4.78, 5) is 22.5. The molecule has 7 heteroatoms. The van der Waals surface area contributed by atoms with Crippen LogP contribution in [0.1, 0.15) is 37.0 Å². The average molecular weight is 254 g/mol. The van der Waals surface area contributed by atoms with Gasteiger partial charge in [0.25, 0.3) is 0 Å². The molecule has 0 aromatic carbocycles. The summed E-state index contributed by atoms with van der Waals surface area (Å²) in [5.41, 5.74) is 0.245. The third-order valence-electron chi connectivity index (χ3n) is 2.87. The van der Waals surface area contributed by atoms with Crippen LogP contribution in [0.2, 0.25) is 0 Å². The van der Waals surface area contributed by atoms with Crippen molar-refractivity contribution in [3.63, 3.8) is 0 Å². The van der Waals surface area contributed by atoms with Crippen LogP contribution in [0.4, 0.5) is 0 Å². The fourth-order valence-corrected chi connectivity index (χ4v) is 1.31. The Morgan fingerprint density at radius 3 is 2.44 bits per heavy atom. The van der Waals surface area contributed by atoms with E-state index in [1.54, 1.807) is 6.92 Å². The Hall–Kier alpha value is -1.92. The molecule has 7 nitrogen and oxygen atoms in total. The first-order chi connectivity index (χ1) is 8.32. The van der Waals surface area contributed by atoms with E-state index in [4.69, 9.17) is 5.11 Å². The second-order valence-electron chi connectivity index (χ2n) is 4.59. The van der Waals surface area contributed by atoms with Gasteiger partial charge in [0.05, 0.1) is 5.69 Å². The maximum Gasteiger partial charge on any atom is 0.358 e. The molecule has 0 spiro atoms. The van der Waals surface area contributed by atoms with E-state index >= 15 is 0 Å². The smallest absolute Gasteiger partial charge is 0.358 e. The molecular formula is C11H18N4O3. The van der Waals surface area contributed by atoms with Crippen LogP contribution in [0.15, 0.2) is 0 Å². The van der Waals surface area contributed by atoms with Crippen LogP contribution in [0.25, 0.3) is 0 Å². The molecule has 0 saturated carbocycles. The number of hydrogen-bond donors (Lipinski definition) is 2. The van der Waals surface area contributed by atoms with E-state index in [-0.39, 0.29) is 24.2 Å². The molecule has 0 aliphatic carbocycles. The van der Waals surface area contributed by atoms with Gasteiger partial charge in [-0.15, -0.1) is 5.10 Å². The molecule has 0 saturated heterocycles. The topological polar surface area (TPSA) is 97.1 Å². The third-order valence-corrected chi connectivity index (χ3v) is 2.87. The van der Waals surface area contributed by atoms with Gasteiger partial charge in [0.2, 0.25) is 5.91 Å². The highest BCUT2D eigenvalue weighted by atomic mass is 16.4. The first-order valence-electron chi connectivity index (χ1n) is 5.75. The second kappa shape index (κ2) is 5.61. The van der Waals surface area contributed by atoms with Crippen LogP contribution in [0.3, 0.4) is 0 Å². The lowest BCUT2D eigenvalue weighted by molar-refractivity contribution is -0.122. The number of carbonyl (C=O) groups is 2. The molecule has 1 rings (SSSR count). The second-order valence-corrected chi connectivity index (χ2v) is 4.59. The van der Waals surface area contributed by atoms with E-state index in [9.17, 15) is 9.59 Å². The van der Waals surface area contributed by atoms with Crippen LogP contribution >= 0.6 is 0 Å². The van der Waals surface area contributed by atoms with Crippen LogP contribution in [-0.2, 0) is 11.3 Å². The zero-order chi connectivity index (χ0) is 13.9. The maximum atomic E-state index is 11.7. The largest absolute Gasteiger partial charge is 0.476 e.